The number of halogens is 1. The van der Waals surface area contributed by atoms with Gasteiger partial charge < -0.3 is 0 Å². The molecule has 1 heterocycles. The van der Waals surface area contributed by atoms with Crippen LogP contribution in [0.25, 0.3) is 0 Å². The van der Waals surface area contributed by atoms with E-state index in [0.29, 0.717) is 28.1 Å². The molecule has 3 nitrogen and oxygen atoms in total. The van der Waals surface area contributed by atoms with E-state index in [1.165, 1.54) is 32.1 Å². The summed E-state index contributed by atoms with van der Waals surface area (Å²) in [6.45, 7) is 9.48. The molecule has 0 radical (unpaired) electrons. The minimum Gasteiger partial charge on any atom is -0.298 e. The van der Waals surface area contributed by atoms with Gasteiger partial charge in [0.05, 0.1) is 0 Å². The Hall–Kier alpha value is -0.570. The van der Waals surface area contributed by atoms with Gasteiger partial charge in [-0.05, 0) is 54.5 Å². The summed E-state index contributed by atoms with van der Waals surface area (Å²) < 4.78 is 2.24. The largest absolute Gasteiger partial charge is 0.298 e. The van der Waals surface area contributed by atoms with Gasteiger partial charge in [-0.1, -0.05) is 27.7 Å². The van der Waals surface area contributed by atoms with Crippen LogP contribution in [0, 0.1) is 10.8 Å². The van der Waals surface area contributed by atoms with E-state index in [2.05, 4.69) is 42.5 Å². The van der Waals surface area contributed by atoms with Crippen molar-refractivity contribution in [3.05, 3.63) is 11.1 Å². The van der Waals surface area contributed by atoms with Crippen molar-refractivity contribution in [3.63, 3.8) is 0 Å². The lowest BCUT2D eigenvalue weighted by molar-refractivity contribution is 0.0711. The molecule has 19 heavy (non-hydrogen) atoms. The zero-order valence-corrected chi connectivity index (χ0v) is 13.2. The molecule has 2 fully saturated rings. The maximum Gasteiger partial charge on any atom is 0.225 e. The van der Waals surface area contributed by atoms with E-state index in [9.17, 15) is 0 Å². The molecule has 0 atom stereocenters. The van der Waals surface area contributed by atoms with E-state index in [-0.39, 0.29) is 0 Å². The lowest BCUT2D eigenvalue weighted by Crippen LogP contribution is -2.35. The van der Waals surface area contributed by atoms with E-state index in [4.69, 9.17) is 11.6 Å². The van der Waals surface area contributed by atoms with Crippen molar-refractivity contribution >= 4 is 11.6 Å². The molecule has 1 aromatic heterocycles. The Morgan fingerprint density at radius 1 is 1.05 bits per heavy atom. The molecule has 2 aliphatic rings. The minimum atomic E-state index is 0.362. The third kappa shape index (κ3) is 2.67. The van der Waals surface area contributed by atoms with E-state index in [1.807, 2.05) is 0 Å². The van der Waals surface area contributed by atoms with E-state index < -0.39 is 0 Å². The predicted molar refractivity (Wildman–Crippen MR) is 77.5 cm³/mol. The van der Waals surface area contributed by atoms with Gasteiger partial charge in [-0.15, -0.1) is 10.2 Å². The standard InChI is InChI=1S/C15H24ClN3/c1-14(2)7-11(8-15(3,4)9-14)19-12(10-5-6-10)17-18-13(19)16/h10-11H,5-9H2,1-4H3. The fraction of sp³-hybridized carbons (Fsp3) is 0.867. The molecule has 0 amide bonds. The summed E-state index contributed by atoms with van der Waals surface area (Å²) in [6.07, 6.45) is 6.11. The van der Waals surface area contributed by atoms with Crippen LogP contribution < -0.4 is 0 Å². The molecule has 4 heteroatoms. The Balaban J connectivity index is 1.95. The van der Waals surface area contributed by atoms with Crippen molar-refractivity contribution in [3.8, 4) is 0 Å². The summed E-state index contributed by atoms with van der Waals surface area (Å²) in [6, 6.07) is 0.455. The molecule has 2 saturated carbocycles. The second-order valence-electron chi connectivity index (χ2n) is 8.04. The number of aromatic nitrogens is 3. The average Bonchev–Trinajstić information content (AvgIpc) is 2.97. The van der Waals surface area contributed by atoms with Crippen LogP contribution in [-0.2, 0) is 0 Å². The van der Waals surface area contributed by atoms with Crippen molar-refractivity contribution in [2.45, 2.75) is 71.8 Å². The first-order valence-electron chi connectivity index (χ1n) is 7.38. The summed E-state index contributed by atoms with van der Waals surface area (Å²) in [4.78, 5) is 0. The van der Waals surface area contributed by atoms with Crippen LogP contribution in [0.4, 0.5) is 0 Å². The highest BCUT2D eigenvalue weighted by molar-refractivity contribution is 6.28. The fourth-order valence-electron chi connectivity index (χ4n) is 4.21. The lowest BCUT2D eigenvalue weighted by atomic mass is 9.63. The van der Waals surface area contributed by atoms with Crippen LogP contribution in [0.1, 0.15) is 77.6 Å². The van der Waals surface area contributed by atoms with Gasteiger partial charge in [0, 0.05) is 12.0 Å². The topological polar surface area (TPSA) is 30.7 Å². The highest BCUT2D eigenvalue weighted by atomic mass is 35.5. The van der Waals surface area contributed by atoms with E-state index in [0.717, 1.165) is 5.82 Å². The van der Waals surface area contributed by atoms with Crippen molar-refractivity contribution < 1.29 is 0 Å². The molecule has 0 aliphatic heterocycles. The SMILES string of the molecule is CC1(C)CC(n2c(Cl)nnc2C2CC2)CC(C)(C)C1. The third-order valence-electron chi connectivity index (χ3n) is 4.52. The van der Waals surface area contributed by atoms with Gasteiger partial charge in [-0.2, -0.15) is 0 Å². The van der Waals surface area contributed by atoms with Crippen molar-refractivity contribution in [1.29, 1.82) is 0 Å². The quantitative estimate of drug-likeness (QED) is 0.794. The van der Waals surface area contributed by atoms with Crippen LogP contribution in [0.3, 0.4) is 0 Å². The summed E-state index contributed by atoms with van der Waals surface area (Å²) >= 11 is 6.33. The molecule has 0 saturated heterocycles. The van der Waals surface area contributed by atoms with Crippen LogP contribution in [0.2, 0.25) is 5.28 Å². The summed E-state index contributed by atoms with van der Waals surface area (Å²) in [5.74, 6) is 1.73. The summed E-state index contributed by atoms with van der Waals surface area (Å²) in [7, 11) is 0. The van der Waals surface area contributed by atoms with Gasteiger partial charge in [-0.3, -0.25) is 4.57 Å². The molecule has 0 bridgehead atoms. The Morgan fingerprint density at radius 3 is 2.16 bits per heavy atom. The molecule has 3 rings (SSSR count). The third-order valence-corrected chi connectivity index (χ3v) is 4.78. The Morgan fingerprint density at radius 2 is 1.63 bits per heavy atom. The van der Waals surface area contributed by atoms with Gasteiger partial charge in [0.2, 0.25) is 5.28 Å². The Bertz CT molecular complexity index is 470. The molecule has 1 aromatic rings. The Kier molecular flexibility index (Phi) is 2.97. The van der Waals surface area contributed by atoms with Crippen LogP contribution >= 0.6 is 11.6 Å². The monoisotopic (exact) mass is 281 g/mol. The first kappa shape index (κ1) is 13.4. The van der Waals surface area contributed by atoms with Gasteiger partial charge in [-0.25, -0.2) is 0 Å². The smallest absolute Gasteiger partial charge is 0.225 e. The molecule has 0 aromatic carbocycles. The molecule has 0 unspecified atom stereocenters. The summed E-state index contributed by atoms with van der Waals surface area (Å²) in [5.41, 5.74) is 0.724. The molecule has 2 aliphatic carbocycles. The average molecular weight is 282 g/mol. The first-order valence-corrected chi connectivity index (χ1v) is 7.76. The normalized spacial score (nSPS) is 26.6. The fourth-order valence-corrected chi connectivity index (χ4v) is 4.47. The van der Waals surface area contributed by atoms with Crippen LogP contribution in [0.5, 0.6) is 0 Å². The number of hydrogen-bond donors (Lipinski definition) is 0. The minimum absolute atomic E-state index is 0.362. The molecular formula is C15H24ClN3. The van der Waals surface area contributed by atoms with Crippen LogP contribution in [0.15, 0.2) is 0 Å². The zero-order chi connectivity index (χ0) is 13.8. The highest BCUT2D eigenvalue weighted by Gasteiger charge is 2.42. The van der Waals surface area contributed by atoms with Gasteiger partial charge in [0.1, 0.15) is 5.82 Å². The summed E-state index contributed by atoms with van der Waals surface area (Å²) in [5, 5.41) is 9.04. The second-order valence-corrected chi connectivity index (χ2v) is 8.38. The van der Waals surface area contributed by atoms with Crippen molar-refractivity contribution in [1.82, 2.24) is 14.8 Å². The van der Waals surface area contributed by atoms with Crippen molar-refractivity contribution in [2.75, 3.05) is 0 Å². The molecule has 106 valence electrons. The van der Waals surface area contributed by atoms with E-state index >= 15 is 0 Å². The Labute approximate surface area is 120 Å². The predicted octanol–water partition coefficient (Wildman–Crippen LogP) is 4.59. The highest BCUT2D eigenvalue weighted by Crippen LogP contribution is 2.52. The van der Waals surface area contributed by atoms with E-state index in [1.54, 1.807) is 0 Å². The number of nitrogens with zero attached hydrogens (tertiary/aromatic N) is 3. The molecular weight excluding hydrogens is 258 g/mol. The van der Waals surface area contributed by atoms with Gasteiger partial charge >= 0.3 is 0 Å². The van der Waals surface area contributed by atoms with Gasteiger partial charge in [0.15, 0.2) is 0 Å². The number of hydrogen-bond acceptors (Lipinski definition) is 2. The molecule has 0 spiro atoms. The first-order chi connectivity index (χ1) is 8.77. The maximum absolute atomic E-state index is 6.33. The maximum atomic E-state index is 6.33. The zero-order valence-electron chi connectivity index (χ0n) is 12.4. The lowest BCUT2D eigenvalue weighted by Gasteiger charge is -2.45. The second kappa shape index (κ2) is 4.21. The van der Waals surface area contributed by atoms with Gasteiger partial charge in [0.25, 0.3) is 0 Å². The number of rotatable bonds is 2. The van der Waals surface area contributed by atoms with Crippen LogP contribution in [-0.4, -0.2) is 14.8 Å². The van der Waals surface area contributed by atoms with Crippen molar-refractivity contribution in [2.24, 2.45) is 10.8 Å². The molecule has 0 N–H and O–H groups in total.